The minimum atomic E-state index is -0.214. The van der Waals surface area contributed by atoms with Gasteiger partial charge < -0.3 is 15.5 Å². The maximum atomic E-state index is 13.2. The van der Waals surface area contributed by atoms with Gasteiger partial charge in [-0.25, -0.2) is 9.18 Å². The second-order valence-corrected chi connectivity index (χ2v) is 8.69. The lowest BCUT2D eigenvalue weighted by Gasteiger charge is -2.42. The van der Waals surface area contributed by atoms with Gasteiger partial charge in [-0.05, 0) is 54.8 Å². The largest absolute Gasteiger partial charge is 0.369 e. The number of amides is 2. The maximum absolute atomic E-state index is 13.2. The Morgan fingerprint density at radius 2 is 1.68 bits per heavy atom. The molecule has 0 aliphatic carbocycles. The second kappa shape index (κ2) is 9.94. The Kier molecular flexibility index (Phi) is 6.84. The summed E-state index contributed by atoms with van der Waals surface area (Å²) in [6, 6.07) is 20.1. The number of halogens is 1. The molecule has 2 heterocycles. The third-order valence-electron chi connectivity index (χ3n) is 5.60. The number of nitrogens with one attached hydrogen (secondary N) is 2. The molecule has 2 N–H and O–H groups in total. The van der Waals surface area contributed by atoms with Crippen LogP contribution in [0.5, 0.6) is 0 Å². The first-order valence-corrected chi connectivity index (χ1v) is 11.4. The van der Waals surface area contributed by atoms with Gasteiger partial charge in [0.25, 0.3) is 0 Å². The van der Waals surface area contributed by atoms with Gasteiger partial charge in [-0.1, -0.05) is 24.3 Å². The minimum absolute atomic E-state index is 0.0697. The normalized spacial score (nSPS) is 16.5. The van der Waals surface area contributed by atoms with Crippen LogP contribution in [0.2, 0.25) is 0 Å². The van der Waals surface area contributed by atoms with E-state index in [1.54, 1.807) is 11.3 Å². The Morgan fingerprint density at radius 3 is 2.32 bits per heavy atom. The molecule has 5 nitrogen and oxygen atoms in total. The van der Waals surface area contributed by atoms with Gasteiger partial charge in [-0.2, -0.15) is 0 Å². The summed E-state index contributed by atoms with van der Waals surface area (Å²) in [5.74, 6) is -0.214. The van der Waals surface area contributed by atoms with Gasteiger partial charge in [0.2, 0.25) is 0 Å². The number of hydrogen-bond donors (Lipinski definition) is 2. The molecule has 2 atom stereocenters. The van der Waals surface area contributed by atoms with Crippen LogP contribution in [0.1, 0.15) is 17.8 Å². The molecule has 1 fully saturated rings. The molecule has 1 aliphatic rings. The highest BCUT2D eigenvalue weighted by Gasteiger charge is 2.31. The molecule has 1 aliphatic heterocycles. The van der Waals surface area contributed by atoms with E-state index in [1.165, 1.54) is 17.0 Å². The fraction of sp³-hybridized carbons (Fsp3) is 0.292. The number of hydrogen-bond acceptors (Lipinski definition) is 4. The number of carbonyl (C=O) groups is 1. The quantitative estimate of drug-likeness (QED) is 0.572. The molecule has 31 heavy (non-hydrogen) atoms. The topological polar surface area (TPSA) is 47.6 Å². The SMILES string of the molecule is C[C@@H](NC(=O)Nc1ccccc1)[C@@H](c1cccs1)N1CCN(c2ccc(F)cc2)CC1. The summed E-state index contributed by atoms with van der Waals surface area (Å²) in [5, 5.41) is 8.11. The van der Waals surface area contributed by atoms with Crippen molar-refractivity contribution in [3.8, 4) is 0 Å². The van der Waals surface area contributed by atoms with E-state index in [4.69, 9.17) is 0 Å². The first-order valence-electron chi connectivity index (χ1n) is 10.5. The molecule has 2 aromatic carbocycles. The Balaban J connectivity index is 1.41. The maximum Gasteiger partial charge on any atom is 0.319 e. The Hall–Kier alpha value is -2.90. The third-order valence-corrected chi connectivity index (χ3v) is 6.54. The van der Waals surface area contributed by atoms with Gasteiger partial charge in [-0.3, -0.25) is 4.90 Å². The van der Waals surface area contributed by atoms with E-state index in [1.807, 2.05) is 42.5 Å². The molecule has 0 bridgehead atoms. The van der Waals surface area contributed by atoms with Crippen LogP contribution in [-0.4, -0.2) is 43.2 Å². The molecule has 7 heteroatoms. The van der Waals surface area contributed by atoms with Crippen molar-refractivity contribution in [1.29, 1.82) is 0 Å². The van der Waals surface area contributed by atoms with Crippen LogP contribution in [-0.2, 0) is 0 Å². The summed E-state index contributed by atoms with van der Waals surface area (Å²) in [6.07, 6.45) is 0. The molecular weight excluding hydrogens is 411 g/mol. The van der Waals surface area contributed by atoms with E-state index in [2.05, 4.69) is 44.9 Å². The minimum Gasteiger partial charge on any atom is -0.369 e. The van der Waals surface area contributed by atoms with Gasteiger partial charge in [0.1, 0.15) is 5.82 Å². The van der Waals surface area contributed by atoms with Gasteiger partial charge in [-0.15, -0.1) is 11.3 Å². The first kappa shape index (κ1) is 21.3. The van der Waals surface area contributed by atoms with Crippen LogP contribution >= 0.6 is 11.3 Å². The Bertz CT molecular complexity index is 957. The van der Waals surface area contributed by atoms with Crippen LogP contribution in [0.3, 0.4) is 0 Å². The first-order chi connectivity index (χ1) is 15.1. The summed E-state index contributed by atoms with van der Waals surface area (Å²) < 4.78 is 13.2. The van der Waals surface area contributed by atoms with E-state index >= 15 is 0 Å². The van der Waals surface area contributed by atoms with Crippen molar-refractivity contribution in [1.82, 2.24) is 10.2 Å². The number of urea groups is 1. The molecule has 2 amide bonds. The average molecular weight is 439 g/mol. The van der Waals surface area contributed by atoms with Gasteiger partial charge in [0.15, 0.2) is 0 Å². The summed E-state index contributed by atoms with van der Waals surface area (Å²) in [7, 11) is 0. The number of nitrogens with zero attached hydrogens (tertiary/aromatic N) is 2. The second-order valence-electron chi connectivity index (χ2n) is 7.71. The van der Waals surface area contributed by atoms with Crippen LogP contribution < -0.4 is 15.5 Å². The van der Waals surface area contributed by atoms with E-state index in [-0.39, 0.29) is 23.9 Å². The Labute approximate surface area is 186 Å². The highest BCUT2D eigenvalue weighted by molar-refractivity contribution is 7.10. The van der Waals surface area contributed by atoms with Crippen molar-refractivity contribution in [3.05, 3.63) is 82.8 Å². The Morgan fingerprint density at radius 1 is 0.968 bits per heavy atom. The standard InChI is InChI=1S/C24H27FN4OS/c1-18(26-24(30)27-20-6-3-2-4-7-20)23(22-8-5-17-31-22)29-15-13-28(14-16-29)21-11-9-19(25)10-12-21/h2-12,17-18,23H,13-16H2,1H3,(H2,26,27,30)/t18-,23+/m1/s1. The molecule has 3 aromatic rings. The van der Waals surface area contributed by atoms with E-state index in [0.29, 0.717) is 0 Å². The van der Waals surface area contributed by atoms with Gasteiger partial charge >= 0.3 is 6.03 Å². The monoisotopic (exact) mass is 438 g/mol. The molecule has 1 saturated heterocycles. The molecule has 0 saturated carbocycles. The predicted octanol–water partition coefficient (Wildman–Crippen LogP) is 4.96. The van der Waals surface area contributed by atoms with Crippen molar-refractivity contribution in [2.24, 2.45) is 0 Å². The molecular formula is C24H27FN4OS. The highest BCUT2D eigenvalue weighted by Crippen LogP contribution is 2.30. The summed E-state index contributed by atoms with van der Waals surface area (Å²) >= 11 is 1.71. The fourth-order valence-corrected chi connectivity index (χ4v) is 5.05. The summed E-state index contributed by atoms with van der Waals surface area (Å²) in [6.45, 7) is 5.51. The molecule has 162 valence electrons. The lowest BCUT2D eigenvalue weighted by atomic mass is 10.0. The van der Waals surface area contributed by atoms with Crippen molar-refractivity contribution in [2.75, 3.05) is 36.4 Å². The number of anilines is 2. The zero-order chi connectivity index (χ0) is 21.6. The summed E-state index contributed by atoms with van der Waals surface area (Å²) in [5.41, 5.74) is 1.81. The number of rotatable bonds is 6. The van der Waals surface area contributed by atoms with Crippen LogP contribution in [0, 0.1) is 5.82 Å². The molecule has 4 rings (SSSR count). The van der Waals surface area contributed by atoms with E-state index < -0.39 is 0 Å². The smallest absolute Gasteiger partial charge is 0.319 e. The van der Waals surface area contributed by atoms with E-state index in [0.717, 1.165) is 37.6 Å². The van der Waals surface area contributed by atoms with Gasteiger partial charge in [0.05, 0.1) is 6.04 Å². The average Bonchev–Trinajstić information content (AvgIpc) is 3.30. The lowest BCUT2D eigenvalue weighted by Crippen LogP contribution is -2.52. The number of para-hydroxylation sites is 1. The fourth-order valence-electron chi connectivity index (χ4n) is 4.09. The van der Waals surface area contributed by atoms with Crippen LogP contribution in [0.15, 0.2) is 72.1 Å². The van der Waals surface area contributed by atoms with Crippen molar-refractivity contribution >= 4 is 28.7 Å². The highest BCUT2D eigenvalue weighted by atomic mass is 32.1. The number of thiophene rings is 1. The zero-order valence-corrected chi connectivity index (χ0v) is 18.3. The van der Waals surface area contributed by atoms with Gasteiger partial charge in [0, 0.05) is 48.5 Å². The zero-order valence-electron chi connectivity index (χ0n) is 17.5. The molecule has 0 spiro atoms. The number of benzene rings is 2. The lowest BCUT2D eigenvalue weighted by molar-refractivity contribution is 0.157. The van der Waals surface area contributed by atoms with Crippen molar-refractivity contribution in [2.45, 2.75) is 19.0 Å². The van der Waals surface area contributed by atoms with Crippen LogP contribution in [0.4, 0.5) is 20.6 Å². The molecule has 1 aromatic heterocycles. The number of piperazine rings is 1. The van der Waals surface area contributed by atoms with Crippen LogP contribution in [0.25, 0.3) is 0 Å². The van der Waals surface area contributed by atoms with E-state index in [9.17, 15) is 9.18 Å². The third kappa shape index (κ3) is 5.42. The van der Waals surface area contributed by atoms with Crippen molar-refractivity contribution in [3.63, 3.8) is 0 Å². The summed E-state index contributed by atoms with van der Waals surface area (Å²) in [4.78, 5) is 18.5. The predicted molar refractivity (Wildman–Crippen MR) is 125 cm³/mol. The number of carbonyl (C=O) groups excluding carboxylic acids is 1. The molecule has 0 radical (unpaired) electrons. The van der Waals surface area contributed by atoms with Crippen molar-refractivity contribution < 1.29 is 9.18 Å². The molecule has 0 unspecified atom stereocenters.